The summed E-state index contributed by atoms with van der Waals surface area (Å²) in [5.41, 5.74) is 18.5. The highest BCUT2D eigenvalue weighted by molar-refractivity contribution is 7.51. The van der Waals surface area contributed by atoms with Crippen molar-refractivity contribution in [2.24, 2.45) is 0 Å². The summed E-state index contributed by atoms with van der Waals surface area (Å²) in [6, 6.07) is 73.7. The van der Waals surface area contributed by atoms with Crippen LogP contribution >= 0.6 is 15.2 Å². The lowest BCUT2D eigenvalue weighted by molar-refractivity contribution is -0.692. The maximum atomic E-state index is 11.3. The minimum atomic E-state index is -4.09. The Labute approximate surface area is 642 Å². The molecule has 20 heteroatoms. The molecule has 109 heavy (non-hydrogen) atoms. The van der Waals surface area contributed by atoms with Crippen molar-refractivity contribution in [3.8, 4) is 61.6 Å². The summed E-state index contributed by atoms with van der Waals surface area (Å²) in [5, 5.41) is 2.26. The normalized spacial score (nSPS) is 10.7. The molecule has 12 heterocycles. The molecule has 0 amide bonds. The van der Waals surface area contributed by atoms with E-state index in [2.05, 4.69) is 263 Å². The van der Waals surface area contributed by atoms with Crippen LogP contribution in [0.15, 0.2) is 330 Å². The summed E-state index contributed by atoms with van der Waals surface area (Å²) in [5.74, 6) is 0. The van der Waals surface area contributed by atoms with Crippen LogP contribution in [-0.2, 0) is 48.0 Å². The Hall–Kier alpha value is -11.7. The van der Waals surface area contributed by atoms with Gasteiger partial charge in [0.2, 0.25) is 17.1 Å². The molecule has 558 valence electrons. The fourth-order valence-electron chi connectivity index (χ4n) is 12.0. The van der Waals surface area contributed by atoms with Crippen LogP contribution in [0.2, 0.25) is 0 Å². The highest BCUT2D eigenvalue weighted by Crippen LogP contribution is 2.39. The molecule has 3 aromatic carbocycles. The Kier molecular flexibility index (Phi) is 31.0. The molecule has 0 aliphatic heterocycles. The molecule has 15 rings (SSSR count). The first-order valence-electron chi connectivity index (χ1n) is 33.0. The van der Waals surface area contributed by atoms with Gasteiger partial charge in [-0.2, -0.15) is 32.0 Å². The Bertz CT molecular complexity index is 5470. The third-order valence-corrected chi connectivity index (χ3v) is 19.0. The number of aryl methyl sites for hydroxylation is 1. The van der Waals surface area contributed by atoms with E-state index in [1.165, 1.54) is 0 Å². The lowest BCUT2D eigenvalue weighted by Gasteiger charge is -2.04. The Morgan fingerprint density at radius 3 is 0.853 bits per heavy atom. The summed E-state index contributed by atoms with van der Waals surface area (Å²) < 4.78 is 38.9. The van der Waals surface area contributed by atoms with E-state index in [0.717, 1.165) is 106 Å². The predicted molar refractivity (Wildman–Crippen MR) is 433 cm³/mol. The number of fused-ring (bicyclic) bond motifs is 2. The van der Waals surface area contributed by atoms with E-state index < -0.39 is 15.2 Å². The fraction of sp³-hybridized carbons (Fsp3) is 0.0787. The second kappa shape index (κ2) is 39.2. The van der Waals surface area contributed by atoms with Gasteiger partial charge < -0.3 is 79.0 Å². The molecule has 4 N–H and O–H groups in total. The van der Waals surface area contributed by atoms with E-state index in [-0.39, 0.29) is 78.3 Å². The van der Waals surface area contributed by atoms with Gasteiger partial charge in [-0.3, -0.25) is 19.1 Å². The van der Waals surface area contributed by atoms with Gasteiger partial charge in [-0.1, -0.05) is 36.4 Å². The average Bonchev–Trinajstić information content (AvgIpc) is 0.828. The Balaban J connectivity index is 0.000000319. The van der Waals surface area contributed by atoms with Gasteiger partial charge in [-0.05, 0) is 98.6 Å². The summed E-state index contributed by atoms with van der Waals surface area (Å²) in [6.07, 6.45) is 35.8. The van der Waals surface area contributed by atoms with Crippen molar-refractivity contribution in [2.45, 2.75) is 38.9 Å². The largest absolute Gasteiger partial charge is 0.358 e. The van der Waals surface area contributed by atoms with Crippen molar-refractivity contribution < 1.29 is 65.2 Å². The average molecular weight is 1490 g/mol. The second-order valence-corrected chi connectivity index (χ2v) is 28.1. The van der Waals surface area contributed by atoms with Gasteiger partial charge in [-0.25, -0.2) is 14.5 Å². The monoisotopic (exact) mass is 1490 g/mol. The van der Waals surface area contributed by atoms with Crippen molar-refractivity contribution in [1.82, 2.24) is 19.9 Å². The first kappa shape index (κ1) is 86.2. The van der Waals surface area contributed by atoms with Gasteiger partial charge >= 0.3 is 15.2 Å². The van der Waals surface area contributed by atoms with Crippen molar-refractivity contribution in [2.75, 3.05) is 6.16 Å². The summed E-state index contributed by atoms with van der Waals surface area (Å²) >= 11 is 0. The zero-order valence-electron chi connectivity index (χ0n) is 63.0. The first-order valence-corrected chi connectivity index (χ1v) is 36.6. The van der Waals surface area contributed by atoms with Crippen molar-refractivity contribution in [3.05, 3.63) is 418 Å². The number of nitrogens with zero attached hydrogens (tertiary/aromatic N) is 12. The van der Waals surface area contributed by atoms with E-state index in [4.69, 9.17) is 19.8 Å². The zero-order chi connectivity index (χ0) is 69.1. The quantitative estimate of drug-likeness (QED) is 0.0324. The van der Waals surface area contributed by atoms with Gasteiger partial charge in [0.25, 0.3) is 0 Å². The van der Waals surface area contributed by atoms with Gasteiger partial charge in [0, 0.05) is 157 Å². The fourth-order valence-corrected chi connectivity index (χ4v) is 13.2. The second-order valence-electron chi connectivity index (χ2n) is 24.7. The Morgan fingerprint density at radius 2 is 0.560 bits per heavy atom. The molecule has 15 aromatic rings. The number of benzene rings is 3. The van der Waals surface area contributed by atoms with Gasteiger partial charge in [0.1, 0.15) is 28.9 Å². The third kappa shape index (κ3) is 22.9. The number of rotatable bonds is 20. The topological polar surface area (TPSA) is 198 Å². The Morgan fingerprint density at radius 1 is 0.284 bits per heavy atom. The molecule has 0 radical (unpaired) electrons. The molecule has 0 unspecified atom stereocenters. The number of pyridine rings is 12. The van der Waals surface area contributed by atoms with Crippen LogP contribution in [0.25, 0.3) is 83.4 Å². The molecule has 0 aliphatic carbocycles. The van der Waals surface area contributed by atoms with Crippen LogP contribution < -0.4 is 36.5 Å². The van der Waals surface area contributed by atoms with Crippen LogP contribution in [-0.4, -0.2) is 45.7 Å². The minimum Gasteiger partial charge on any atom is -0.358 e. The van der Waals surface area contributed by atoms with Gasteiger partial charge in [0.05, 0.1) is 17.2 Å². The third-order valence-electron chi connectivity index (χ3n) is 17.4. The first-order chi connectivity index (χ1) is 49.2. The lowest BCUT2D eigenvalue weighted by atomic mass is 10.1. The molecule has 0 bridgehead atoms. The van der Waals surface area contributed by atoms with Crippen LogP contribution in [0.5, 0.6) is 0 Å². The molecule has 0 saturated heterocycles. The van der Waals surface area contributed by atoms with E-state index in [0.29, 0.717) is 31.7 Å². The van der Waals surface area contributed by atoms with Crippen molar-refractivity contribution in [1.29, 1.82) is 0 Å². The summed E-state index contributed by atoms with van der Waals surface area (Å²) in [4.78, 5) is 55.5. The zero-order valence-corrected chi connectivity index (χ0v) is 64.8. The van der Waals surface area contributed by atoms with Crippen LogP contribution in [0.1, 0.15) is 28.3 Å². The molecular formula is C89H96N12O6P2. The van der Waals surface area contributed by atoms with E-state index >= 15 is 0 Å². The molecule has 0 saturated carbocycles. The number of aromatic nitrogens is 12. The molecular weight excluding hydrogens is 1400 g/mol. The maximum absolute atomic E-state index is 11.3. The molecule has 12 aromatic heterocycles. The molecule has 18 nitrogen and oxygen atoms in total. The highest BCUT2D eigenvalue weighted by atomic mass is 31.2. The SMILES string of the molecule is O=P(O)(O)CC[n+]1ccc(-c2cc[n+](Cc3cccc(C[n+]4ccc(-c5cc[n+](-c6ccc7cccnc7c6)cc5)cc4)n3)cc2)cc1.O=P(O)(O)Cc1ccc(-[n+]2ccc(-c3cc[n+](Cc4cccc(C[n+]5ccc(-c6cc[n+](-c7ccc8cccnc8c7)cc6)cc5)n4)cc3)cc2)cc1.[CH3-].[CH3-].[CH3-].[CH3-].[CH3-].[CH3-].[CH3-].[CH3-]. The minimum absolute atomic E-state index is 0. The van der Waals surface area contributed by atoms with Crippen LogP contribution in [0, 0.1) is 59.4 Å². The number of hydrogen-bond donors (Lipinski definition) is 4. The number of hydrogen-bond acceptors (Lipinski definition) is 6. The van der Waals surface area contributed by atoms with E-state index in [1.807, 2.05) is 96.6 Å². The van der Waals surface area contributed by atoms with Crippen molar-refractivity contribution >= 4 is 37.0 Å². The summed E-state index contributed by atoms with van der Waals surface area (Å²) in [6.45, 7) is 2.93. The highest BCUT2D eigenvalue weighted by Gasteiger charge is 2.20. The lowest BCUT2D eigenvalue weighted by Crippen LogP contribution is -2.35. The van der Waals surface area contributed by atoms with Crippen molar-refractivity contribution in [3.63, 3.8) is 0 Å². The molecule has 0 spiro atoms. The van der Waals surface area contributed by atoms with Gasteiger partial charge in [-0.15, -0.1) is 0 Å². The molecule has 0 fully saturated rings. The van der Waals surface area contributed by atoms with E-state index in [9.17, 15) is 18.9 Å². The van der Waals surface area contributed by atoms with Gasteiger partial charge in [0.15, 0.2) is 132 Å². The predicted octanol–water partition coefficient (Wildman–Crippen LogP) is 13.8. The standard InChI is InChI=1S/C43H35N6O3P.C38H33N6O3P.8CH3/c50-53(51,52)32-33-6-9-41(10-7-33)48-25-16-36(17-26-48)34-12-21-46(22-13-34)30-39-4-1-5-40(45-39)31-47-23-14-35(15-24-47)37-18-27-49(28-19-37)42-11-8-38-3-2-20-44-43(38)29-42;45-48(46,47)26-25-41-17-8-30(9-18-41)31-10-19-42(20-11-31)28-35-4-1-5-36(40-35)29-43-21-12-32(13-22-43)33-14-23-44(24-15-33)37-7-6-34-3-2-16-39-38(34)27-37;;;;;;;;/h1-29H,30-32H2;1-24,27H,25-26,28-29H2;8*1H3/q2*+2;8*-1/p+4. The van der Waals surface area contributed by atoms with E-state index in [1.54, 1.807) is 16.7 Å². The smallest absolute Gasteiger partial charge is 0.331 e. The maximum Gasteiger partial charge on any atom is 0.331 e. The summed E-state index contributed by atoms with van der Waals surface area (Å²) in [7, 11) is -8.11. The van der Waals surface area contributed by atoms with Crippen LogP contribution in [0.4, 0.5) is 0 Å². The van der Waals surface area contributed by atoms with Crippen LogP contribution in [0.3, 0.4) is 0 Å². The molecule has 0 aliphatic rings. The molecule has 0 atom stereocenters.